The molecule has 0 unspecified atom stereocenters. The Labute approximate surface area is 158 Å². The van der Waals surface area contributed by atoms with E-state index in [2.05, 4.69) is 15.6 Å². The highest BCUT2D eigenvalue weighted by Crippen LogP contribution is 2.22. The minimum Gasteiger partial charge on any atom is -0.348 e. The van der Waals surface area contributed by atoms with Gasteiger partial charge in [-0.2, -0.15) is 0 Å². The summed E-state index contributed by atoms with van der Waals surface area (Å²) >= 11 is 1.46. The van der Waals surface area contributed by atoms with E-state index in [4.69, 9.17) is 0 Å². The van der Waals surface area contributed by atoms with Crippen molar-refractivity contribution >= 4 is 29.5 Å². The molecule has 7 nitrogen and oxygen atoms in total. The number of carbonyl (C=O) groups excluding carboxylic acids is 3. The molecule has 1 aromatic rings. The maximum absolute atomic E-state index is 12.7. The van der Waals surface area contributed by atoms with Crippen LogP contribution >= 0.6 is 11.8 Å². The van der Waals surface area contributed by atoms with Crippen LogP contribution in [0.2, 0.25) is 0 Å². The Bertz CT molecular complexity index is 658. The average Bonchev–Trinajstić information content (AvgIpc) is 2.65. The molecule has 1 aliphatic rings. The zero-order valence-corrected chi connectivity index (χ0v) is 16.3. The third kappa shape index (κ3) is 5.45. The predicted molar refractivity (Wildman–Crippen MR) is 101 cm³/mol. The summed E-state index contributed by atoms with van der Waals surface area (Å²) in [5, 5.41) is 5.99. The minimum absolute atomic E-state index is 0.00115. The Balaban J connectivity index is 1.81. The lowest BCUT2D eigenvalue weighted by molar-refractivity contribution is -0.139. The van der Waals surface area contributed by atoms with E-state index in [1.807, 2.05) is 25.0 Å². The van der Waals surface area contributed by atoms with Gasteiger partial charge in [0.15, 0.2) is 0 Å². The van der Waals surface area contributed by atoms with Crippen LogP contribution in [0.15, 0.2) is 23.4 Å². The first-order valence-corrected chi connectivity index (χ1v) is 10.0. The first-order chi connectivity index (χ1) is 12.4. The molecule has 0 saturated carbocycles. The Morgan fingerprint density at radius 3 is 2.58 bits per heavy atom. The maximum atomic E-state index is 12.7. The lowest BCUT2D eigenvalue weighted by Gasteiger charge is -2.32. The molecule has 0 spiro atoms. The number of nitrogens with zero attached hydrogens (tertiary/aromatic N) is 2. The molecule has 0 atom stereocenters. The van der Waals surface area contributed by atoms with E-state index in [-0.39, 0.29) is 17.9 Å². The fourth-order valence-electron chi connectivity index (χ4n) is 2.87. The van der Waals surface area contributed by atoms with Crippen LogP contribution in [0.1, 0.15) is 37.0 Å². The molecule has 142 valence electrons. The molecule has 8 heteroatoms. The molecule has 2 N–H and O–H groups in total. The molecule has 1 aromatic heterocycles. The lowest BCUT2D eigenvalue weighted by atomic mass is 9.96. The van der Waals surface area contributed by atoms with Crippen molar-refractivity contribution in [3.8, 4) is 0 Å². The third-order valence-corrected chi connectivity index (χ3v) is 4.99. The van der Waals surface area contributed by atoms with Crippen molar-refractivity contribution in [1.82, 2.24) is 20.5 Å². The zero-order valence-electron chi connectivity index (χ0n) is 15.4. The molecule has 0 radical (unpaired) electrons. The Morgan fingerprint density at radius 1 is 1.27 bits per heavy atom. The Hall–Kier alpha value is -2.09. The number of likely N-dealkylation sites (tertiary alicyclic amines) is 1. The average molecular weight is 378 g/mol. The van der Waals surface area contributed by atoms with Crippen LogP contribution in [0.5, 0.6) is 0 Å². The van der Waals surface area contributed by atoms with Crippen LogP contribution in [-0.2, 0) is 9.59 Å². The second-order valence-electron chi connectivity index (χ2n) is 6.63. The summed E-state index contributed by atoms with van der Waals surface area (Å²) in [6.45, 7) is 5.35. The lowest BCUT2D eigenvalue weighted by Crippen LogP contribution is -2.46. The van der Waals surface area contributed by atoms with Crippen molar-refractivity contribution in [3.05, 3.63) is 23.9 Å². The van der Waals surface area contributed by atoms with Gasteiger partial charge in [0, 0.05) is 31.9 Å². The summed E-state index contributed by atoms with van der Waals surface area (Å²) in [5.74, 6) is -0.934. The summed E-state index contributed by atoms with van der Waals surface area (Å²) in [5.41, 5.74) is 0.636. The van der Waals surface area contributed by atoms with Crippen molar-refractivity contribution in [2.24, 2.45) is 5.92 Å². The fraction of sp³-hybridized carbons (Fsp3) is 0.556. The van der Waals surface area contributed by atoms with Crippen molar-refractivity contribution in [2.45, 2.75) is 37.8 Å². The molecule has 2 heterocycles. The second-order valence-corrected chi connectivity index (χ2v) is 7.43. The van der Waals surface area contributed by atoms with E-state index in [1.54, 1.807) is 18.3 Å². The van der Waals surface area contributed by atoms with Crippen molar-refractivity contribution in [2.75, 3.05) is 25.9 Å². The van der Waals surface area contributed by atoms with Crippen LogP contribution in [-0.4, -0.2) is 59.5 Å². The molecule has 26 heavy (non-hydrogen) atoms. The largest absolute Gasteiger partial charge is 0.348 e. The number of hydrogen-bond acceptors (Lipinski definition) is 5. The first kappa shape index (κ1) is 20.2. The smallest absolute Gasteiger partial charge is 0.309 e. The summed E-state index contributed by atoms with van der Waals surface area (Å²) in [7, 11) is 0. The number of pyridine rings is 1. The minimum atomic E-state index is -0.603. The Kier molecular flexibility index (Phi) is 7.44. The zero-order chi connectivity index (χ0) is 19.1. The van der Waals surface area contributed by atoms with Gasteiger partial charge in [0.2, 0.25) is 0 Å². The number of piperidine rings is 1. The normalized spacial score (nSPS) is 15.0. The maximum Gasteiger partial charge on any atom is 0.309 e. The van der Waals surface area contributed by atoms with Gasteiger partial charge in [0.05, 0.1) is 5.56 Å². The highest BCUT2D eigenvalue weighted by Gasteiger charge is 2.26. The number of nitrogens with one attached hydrogen (secondary N) is 2. The Morgan fingerprint density at radius 2 is 1.96 bits per heavy atom. The second kappa shape index (κ2) is 9.56. The van der Waals surface area contributed by atoms with Gasteiger partial charge in [-0.15, -0.1) is 11.8 Å². The van der Waals surface area contributed by atoms with Crippen molar-refractivity contribution in [1.29, 1.82) is 0 Å². The molecule has 1 saturated heterocycles. The van der Waals surface area contributed by atoms with Crippen LogP contribution < -0.4 is 10.6 Å². The molecule has 1 aliphatic heterocycles. The van der Waals surface area contributed by atoms with E-state index in [9.17, 15) is 14.4 Å². The van der Waals surface area contributed by atoms with E-state index in [0.717, 1.165) is 17.9 Å². The highest BCUT2D eigenvalue weighted by atomic mass is 32.2. The fourth-order valence-corrected chi connectivity index (χ4v) is 3.41. The molecule has 2 rings (SSSR count). The van der Waals surface area contributed by atoms with Crippen molar-refractivity contribution < 1.29 is 14.4 Å². The van der Waals surface area contributed by atoms with E-state index in [1.165, 1.54) is 11.8 Å². The van der Waals surface area contributed by atoms with Crippen molar-refractivity contribution in [3.63, 3.8) is 0 Å². The highest BCUT2D eigenvalue weighted by molar-refractivity contribution is 7.98. The molecule has 0 aliphatic carbocycles. The number of carbonyl (C=O) groups is 3. The molecule has 0 bridgehead atoms. The number of thioether (sulfide) groups is 1. The quantitative estimate of drug-likeness (QED) is 0.595. The number of rotatable bonds is 5. The number of hydrogen-bond donors (Lipinski definition) is 2. The third-order valence-electron chi connectivity index (χ3n) is 4.27. The van der Waals surface area contributed by atoms with Gasteiger partial charge >= 0.3 is 11.8 Å². The van der Waals surface area contributed by atoms with Crippen LogP contribution in [0, 0.1) is 5.92 Å². The summed E-state index contributed by atoms with van der Waals surface area (Å²) < 4.78 is 0. The SMILES string of the molecule is CSc1ncccc1C(=O)N1CCC(CNC(=O)C(=O)NC(C)C)CC1. The number of amides is 3. The van der Waals surface area contributed by atoms with Crippen LogP contribution in [0.4, 0.5) is 0 Å². The summed E-state index contributed by atoms with van der Waals surface area (Å²) in [6, 6.07) is 3.51. The van der Waals surface area contributed by atoms with E-state index < -0.39 is 11.8 Å². The first-order valence-electron chi connectivity index (χ1n) is 8.79. The van der Waals surface area contributed by atoms with E-state index >= 15 is 0 Å². The van der Waals surface area contributed by atoms with Gasteiger partial charge in [-0.1, -0.05) is 0 Å². The van der Waals surface area contributed by atoms with Gasteiger partial charge in [-0.3, -0.25) is 14.4 Å². The number of aromatic nitrogens is 1. The van der Waals surface area contributed by atoms with Gasteiger partial charge in [-0.25, -0.2) is 4.98 Å². The van der Waals surface area contributed by atoms with E-state index in [0.29, 0.717) is 25.2 Å². The van der Waals surface area contributed by atoms with Gasteiger partial charge < -0.3 is 15.5 Å². The topological polar surface area (TPSA) is 91.4 Å². The van der Waals surface area contributed by atoms with Crippen LogP contribution in [0.3, 0.4) is 0 Å². The van der Waals surface area contributed by atoms with Crippen LogP contribution in [0.25, 0.3) is 0 Å². The molecular weight excluding hydrogens is 352 g/mol. The monoisotopic (exact) mass is 378 g/mol. The predicted octanol–water partition coefficient (Wildman–Crippen LogP) is 1.30. The summed E-state index contributed by atoms with van der Waals surface area (Å²) in [6.07, 6.45) is 5.19. The van der Waals surface area contributed by atoms with Gasteiger partial charge in [-0.05, 0) is 51.0 Å². The molecule has 0 aromatic carbocycles. The molecule has 3 amide bonds. The molecular formula is C18H26N4O3S. The standard InChI is InChI=1S/C18H26N4O3S/c1-12(2)21-16(24)15(23)20-11-13-6-9-22(10-7-13)18(25)14-5-4-8-19-17(14)26-3/h4-5,8,12-13H,6-7,9-11H2,1-3H3,(H,20,23)(H,21,24). The molecule has 1 fully saturated rings. The summed E-state index contributed by atoms with van der Waals surface area (Å²) in [4.78, 5) is 42.1. The van der Waals surface area contributed by atoms with Gasteiger partial charge in [0.25, 0.3) is 5.91 Å². The van der Waals surface area contributed by atoms with Gasteiger partial charge in [0.1, 0.15) is 5.03 Å².